The van der Waals surface area contributed by atoms with Crippen molar-refractivity contribution in [2.24, 2.45) is 5.92 Å². The Hall–Kier alpha value is -0.910. The molecule has 2 N–H and O–H groups in total. The maximum absolute atomic E-state index is 12.0. The minimum Gasteiger partial charge on any atom is -0.393 e. The van der Waals surface area contributed by atoms with E-state index >= 15 is 0 Å². The normalized spacial score (nSPS) is 13.7. The molecule has 1 rings (SSSR count). The summed E-state index contributed by atoms with van der Waals surface area (Å²) >= 11 is 0. The van der Waals surface area contributed by atoms with Crippen molar-refractivity contribution >= 4 is 10.0 Å². The SMILES string of the molecule is CC(C)Cc1ccc(S(=O)(=O)NCCC(C)O)cc1. The zero-order valence-corrected chi connectivity index (χ0v) is 12.6. The van der Waals surface area contributed by atoms with Gasteiger partial charge in [-0.25, -0.2) is 13.1 Å². The molecule has 0 spiro atoms. The fourth-order valence-electron chi connectivity index (χ4n) is 1.76. The van der Waals surface area contributed by atoms with Gasteiger partial charge in [0.2, 0.25) is 10.0 Å². The number of aliphatic hydroxyl groups is 1. The zero-order chi connectivity index (χ0) is 14.5. The summed E-state index contributed by atoms with van der Waals surface area (Å²) in [5.41, 5.74) is 1.14. The van der Waals surface area contributed by atoms with E-state index in [9.17, 15) is 8.42 Å². The number of hydrogen-bond acceptors (Lipinski definition) is 3. The standard InChI is InChI=1S/C14H23NO3S/c1-11(2)10-13-4-6-14(7-5-13)19(17,18)15-9-8-12(3)16/h4-7,11-12,15-16H,8-10H2,1-3H3. The molecule has 108 valence electrons. The van der Waals surface area contributed by atoms with Crippen LogP contribution in [0.1, 0.15) is 32.8 Å². The van der Waals surface area contributed by atoms with Crippen LogP contribution in [0.3, 0.4) is 0 Å². The summed E-state index contributed by atoms with van der Waals surface area (Å²) in [5.74, 6) is 0.548. The van der Waals surface area contributed by atoms with Crippen LogP contribution < -0.4 is 4.72 Å². The third-order valence-corrected chi connectivity index (χ3v) is 4.21. The van der Waals surface area contributed by atoms with Gasteiger partial charge in [0, 0.05) is 6.54 Å². The van der Waals surface area contributed by atoms with E-state index in [0.29, 0.717) is 12.3 Å². The second-order valence-corrected chi connectivity index (χ2v) is 7.04. The van der Waals surface area contributed by atoms with Gasteiger partial charge < -0.3 is 5.11 Å². The lowest BCUT2D eigenvalue weighted by Crippen LogP contribution is -2.26. The first-order chi connectivity index (χ1) is 8.81. The molecule has 0 fully saturated rings. The lowest BCUT2D eigenvalue weighted by molar-refractivity contribution is 0.186. The van der Waals surface area contributed by atoms with E-state index < -0.39 is 16.1 Å². The predicted molar refractivity (Wildman–Crippen MR) is 76.5 cm³/mol. The van der Waals surface area contributed by atoms with E-state index in [1.807, 2.05) is 12.1 Å². The number of benzene rings is 1. The van der Waals surface area contributed by atoms with Crippen LogP contribution in [0.15, 0.2) is 29.2 Å². The van der Waals surface area contributed by atoms with Gasteiger partial charge in [-0.3, -0.25) is 0 Å². The molecule has 1 aromatic carbocycles. The molecule has 4 nitrogen and oxygen atoms in total. The number of rotatable bonds is 7. The highest BCUT2D eigenvalue weighted by molar-refractivity contribution is 7.89. The zero-order valence-electron chi connectivity index (χ0n) is 11.8. The second-order valence-electron chi connectivity index (χ2n) is 5.28. The summed E-state index contributed by atoms with van der Waals surface area (Å²) < 4.78 is 26.4. The maximum atomic E-state index is 12.0. The van der Waals surface area contributed by atoms with Crippen molar-refractivity contribution in [2.75, 3.05) is 6.54 Å². The fourth-order valence-corrected chi connectivity index (χ4v) is 2.81. The molecule has 5 heteroatoms. The number of aliphatic hydroxyl groups excluding tert-OH is 1. The molecule has 0 aliphatic carbocycles. The lowest BCUT2D eigenvalue weighted by atomic mass is 10.0. The molecule has 0 radical (unpaired) electrons. The Morgan fingerprint density at radius 1 is 1.16 bits per heavy atom. The topological polar surface area (TPSA) is 66.4 Å². The molecule has 0 heterocycles. The maximum Gasteiger partial charge on any atom is 0.240 e. The quantitative estimate of drug-likeness (QED) is 0.804. The smallest absolute Gasteiger partial charge is 0.240 e. The summed E-state index contributed by atoms with van der Waals surface area (Å²) in [7, 11) is -3.46. The molecule has 0 aromatic heterocycles. The summed E-state index contributed by atoms with van der Waals surface area (Å²) in [6, 6.07) is 6.96. The molecule has 0 aliphatic rings. The third kappa shape index (κ3) is 5.72. The van der Waals surface area contributed by atoms with Crippen molar-refractivity contribution in [3.8, 4) is 0 Å². The molecule has 0 saturated heterocycles. The van der Waals surface area contributed by atoms with Crippen LogP contribution in [0.25, 0.3) is 0 Å². The molecular formula is C14H23NO3S. The van der Waals surface area contributed by atoms with Gasteiger partial charge in [-0.05, 0) is 43.4 Å². The van der Waals surface area contributed by atoms with Crippen LogP contribution in [0.5, 0.6) is 0 Å². The lowest BCUT2D eigenvalue weighted by Gasteiger charge is -2.09. The molecule has 0 amide bonds. The monoisotopic (exact) mass is 285 g/mol. The van der Waals surface area contributed by atoms with Crippen molar-refractivity contribution in [3.63, 3.8) is 0 Å². The first kappa shape index (κ1) is 16.1. The highest BCUT2D eigenvalue weighted by atomic mass is 32.2. The average molecular weight is 285 g/mol. The Balaban J connectivity index is 2.68. The minimum atomic E-state index is -3.46. The molecule has 1 unspecified atom stereocenters. The van der Waals surface area contributed by atoms with Gasteiger partial charge in [0.25, 0.3) is 0 Å². The van der Waals surface area contributed by atoms with Crippen molar-refractivity contribution in [1.29, 1.82) is 0 Å². The molecule has 1 aromatic rings. The van der Waals surface area contributed by atoms with E-state index in [4.69, 9.17) is 5.11 Å². The molecule has 1 atom stereocenters. The first-order valence-corrected chi connectivity index (χ1v) is 8.06. The third-order valence-electron chi connectivity index (χ3n) is 2.73. The molecule has 0 bridgehead atoms. The Kier molecular flexibility index (Phi) is 5.97. The van der Waals surface area contributed by atoms with Gasteiger partial charge >= 0.3 is 0 Å². The van der Waals surface area contributed by atoms with Crippen molar-refractivity contribution in [2.45, 2.75) is 44.6 Å². The van der Waals surface area contributed by atoms with E-state index in [1.54, 1.807) is 19.1 Å². The minimum absolute atomic E-state index is 0.244. The van der Waals surface area contributed by atoms with Crippen LogP contribution in [0, 0.1) is 5.92 Å². The molecular weight excluding hydrogens is 262 g/mol. The molecule has 0 aliphatic heterocycles. The van der Waals surface area contributed by atoms with Crippen molar-refractivity contribution in [1.82, 2.24) is 4.72 Å². The molecule has 0 saturated carbocycles. The van der Waals surface area contributed by atoms with Crippen LogP contribution in [-0.4, -0.2) is 26.2 Å². The van der Waals surface area contributed by atoms with E-state index in [2.05, 4.69) is 18.6 Å². The van der Waals surface area contributed by atoms with Crippen LogP contribution >= 0.6 is 0 Å². The van der Waals surface area contributed by atoms with Crippen LogP contribution in [0.2, 0.25) is 0 Å². The Morgan fingerprint density at radius 3 is 2.21 bits per heavy atom. The number of sulfonamides is 1. The molecule has 19 heavy (non-hydrogen) atoms. The average Bonchev–Trinajstić information content (AvgIpc) is 2.28. The van der Waals surface area contributed by atoms with Crippen molar-refractivity contribution < 1.29 is 13.5 Å². The van der Waals surface area contributed by atoms with E-state index in [-0.39, 0.29) is 11.4 Å². The van der Waals surface area contributed by atoms with Crippen LogP contribution in [0.4, 0.5) is 0 Å². The fraction of sp³-hybridized carbons (Fsp3) is 0.571. The van der Waals surface area contributed by atoms with Gasteiger partial charge in [-0.15, -0.1) is 0 Å². The van der Waals surface area contributed by atoms with Gasteiger partial charge in [-0.2, -0.15) is 0 Å². The largest absolute Gasteiger partial charge is 0.393 e. The Bertz CT molecular complexity index is 478. The summed E-state index contributed by atoms with van der Waals surface area (Å²) in [4.78, 5) is 0.269. The highest BCUT2D eigenvalue weighted by Gasteiger charge is 2.13. The van der Waals surface area contributed by atoms with Gasteiger partial charge in [-0.1, -0.05) is 26.0 Å². The van der Waals surface area contributed by atoms with Crippen molar-refractivity contribution in [3.05, 3.63) is 29.8 Å². The summed E-state index contributed by atoms with van der Waals surface area (Å²) in [5, 5.41) is 9.11. The second kappa shape index (κ2) is 7.03. The summed E-state index contributed by atoms with van der Waals surface area (Å²) in [6.07, 6.45) is 0.844. The number of nitrogens with one attached hydrogen (secondary N) is 1. The van der Waals surface area contributed by atoms with Crippen LogP contribution in [-0.2, 0) is 16.4 Å². The Morgan fingerprint density at radius 2 is 1.74 bits per heavy atom. The van der Waals surface area contributed by atoms with Gasteiger partial charge in [0.05, 0.1) is 11.0 Å². The summed E-state index contributed by atoms with van der Waals surface area (Å²) in [6.45, 7) is 6.13. The first-order valence-electron chi connectivity index (χ1n) is 6.58. The van der Waals surface area contributed by atoms with Gasteiger partial charge in [0.1, 0.15) is 0 Å². The highest BCUT2D eigenvalue weighted by Crippen LogP contribution is 2.13. The van der Waals surface area contributed by atoms with E-state index in [1.165, 1.54) is 0 Å². The van der Waals surface area contributed by atoms with Gasteiger partial charge in [0.15, 0.2) is 0 Å². The van der Waals surface area contributed by atoms with E-state index in [0.717, 1.165) is 12.0 Å². The predicted octanol–water partition coefficient (Wildman–Crippen LogP) is 1.93. The number of hydrogen-bond donors (Lipinski definition) is 2. The Labute approximate surface area is 115 Å².